The molecular formula is C38H40Cl3N3O5S. The molecule has 1 atom stereocenters. The molecule has 3 heterocycles. The highest BCUT2D eigenvalue weighted by atomic mass is 35.5. The van der Waals surface area contributed by atoms with Gasteiger partial charge in [0.2, 0.25) is 5.91 Å². The second-order valence-electron chi connectivity index (χ2n) is 12.5. The molecule has 0 bridgehead atoms. The van der Waals surface area contributed by atoms with Crippen molar-refractivity contribution in [2.45, 2.75) is 56.9 Å². The van der Waals surface area contributed by atoms with E-state index >= 15 is 0 Å². The Kier molecular flexibility index (Phi) is 12.4. The lowest BCUT2D eigenvalue weighted by atomic mass is 9.86. The molecule has 2 amide bonds. The number of nitrogens with two attached hydrogens (primary N) is 1. The predicted molar refractivity (Wildman–Crippen MR) is 200 cm³/mol. The Labute approximate surface area is 311 Å². The number of primary amides is 1. The van der Waals surface area contributed by atoms with Crippen LogP contribution in [-0.4, -0.2) is 61.5 Å². The third-order valence-corrected chi connectivity index (χ3v) is 11.2. The first kappa shape index (κ1) is 36.6. The topological polar surface area (TPSA) is 103 Å². The van der Waals surface area contributed by atoms with Crippen molar-refractivity contribution in [3.63, 3.8) is 0 Å². The van der Waals surface area contributed by atoms with E-state index in [0.29, 0.717) is 84.4 Å². The molecule has 0 radical (unpaired) electrons. The highest BCUT2D eigenvalue weighted by molar-refractivity contribution is 7.18. The lowest BCUT2D eigenvalue weighted by Gasteiger charge is -2.40. The van der Waals surface area contributed by atoms with Crippen molar-refractivity contribution < 1.29 is 23.8 Å². The normalized spacial score (nSPS) is 17.4. The zero-order valence-electron chi connectivity index (χ0n) is 27.6. The number of nitrogens with one attached hydrogen (secondary N) is 1. The molecule has 4 aromatic rings. The molecule has 2 saturated heterocycles. The summed E-state index contributed by atoms with van der Waals surface area (Å²) in [6.07, 6.45) is 4.17. The maximum atomic E-state index is 14.5. The van der Waals surface area contributed by atoms with Crippen LogP contribution in [0.1, 0.15) is 53.8 Å². The quantitative estimate of drug-likeness (QED) is 0.133. The van der Waals surface area contributed by atoms with Gasteiger partial charge in [-0.05, 0) is 67.5 Å². The van der Waals surface area contributed by atoms with Crippen molar-refractivity contribution in [2.75, 3.05) is 32.9 Å². The number of ether oxygens (including phenoxy) is 3. The van der Waals surface area contributed by atoms with Gasteiger partial charge in [-0.2, -0.15) is 0 Å². The molecule has 2 aliphatic heterocycles. The summed E-state index contributed by atoms with van der Waals surface area (Å²) >= 11 is 20.7. The average molecular weight is 757 g/mol. The van der Waals surface area contributed by atoms with Gasteiger partial charge in [0.05, 0.1) is 18.2 Å². The maximum Gasteiger partial charge on any atom is 0.267 e. The van der Waals surface area contributed by atoms with Crippen molar-refractivity contribution in [2.24, 2.45) is 5.73 Å². The van der Waals surface area contributed by atoms with E-state index in [-0.39, 0.29) is 12.2 Å². The average Bonchev–Trinajstić information content (AvgIpc) is 3.50. The van der Waals surface area contributed by atoms with E-state index in [1.807, 2.05) is 60.7 Å². The molecular weight excluding hydrogens is 717 g/mol. The van der Waals surface area contributed by atoms with Gasteiger partial charge in [0.15, 0.2) is 12.0 Å². The van der Waals surface area contributed by atoms with Crippen LogP contribution in [0.4, 0.5) is 0 Å². The number of hydrogen-bond donors (Lipinski definition) is 2. The third-order valence-electron chi connectivity index (χ3n) is 9.19. The van der Waals surface area contributed by atoms with Crippen LogP contribution < -0.4 is 15.8 Å². The van der Waals surface area contributed by atoms with Gasteiger partial charge >= 0.3 is 0 Å². The highest BCUT2D eigenvalue weighted by Gasteiger charge is 2.41. The fourth-order valence-corrected chi connectivity index (χ4v) is 8.30. The van der Waals surface area contributed by atoms with Gasteiger partial charge in [-0.1, -0.05) is 83.3 Å². The Morgan fingerprint density at radius 3 is 2.38 bits per heavy atom. The lowest BCUT2D eigenvalue weighted by Crippen LogP contribution is -2.61. The van der Waals surface area contributed by atoms with Crippen molar-refractivity contribution in [1.29, 1.82) is 0 Å². The zero-order valence-corrected chi connectivity index (χ0v) is 30.7. The van der Waals surface area contributed by atoms with Gasteiger partial charge in [0, 0.05) is 58.7 Å². The number of carbonyl (C=O) groups is 2. The smallest absolute Gasteiger partial charge is 0.267 e. The third kappa shape index (κ3) is 8.65. The van der Waals surface area contributed by atoms with Crippen molar-refractivity contribution in [3.8, 4) is 27.3 Å². The first-order chi connectivity index (χ1) is 24.2. The summed E-state index contributed by atoms with van der Waals surface area (Å²) in [5.74, 6) is -0.151. The van der Waals surface area contributed by atoms with Crippen LogP contribution in [0.15, 0.2) is 72.8 Å². The van der Waals surface area contributed by atoms with Crippen molar-refractivity contribution in [1.82, 2.24) is 10.2 Å². The van der Waals surface area contributed by atoms with E-state index in [4.69, 9.17) is 54.7 Å². The summed E-state index contributed by atoms with van der Waals surface area (Å²) in [5.41, 5.74) is 8.37. The Morgan fingerprint density at radius 1 is 0.960 bits per heavy atom. The molecule has 2 aliphatic rings. The SMILES string of the molecule is NC(=O)C1(NCc2ccccc2)CCN(C(=O)c2sc(-c3ccc(Cl)cc3Cl)c(-c3ccc(Cl)cc3)c2OCCCOC2CCCCO2)CC1. The number of halogens is 3. The van der Waals surface area contributed by atoms with E-state index in [9.17, 15) is 9.59 Å². The minimum Gasteiger partial charge on any atom is -0.491 e. The molecule has 0 saturated carbocycles. The predicted octanol–water partition coefficient (Wildman–Crippen LogP) is 8.60. The number of hydrogen-bond acceptors (Lipinski definition) is 7. The van der Waals surface area contributed by atoms with Crippen LogP contribution in [-0.2, 0) is 20.8 Å². The summed E-state index contributed by atoms with van der Waals surface area (Å²) in [7, 11) is 0. The standard InChI is InChI=1S/C38H40Cl3N3O5S/c39-27-12-10-26(11-13-27)32-33(49-22-6-21-48-31-9-4-5-20-47-31)35(50-34(32)29-15-14-28(40)23-30(29)41)36(45)44-18-16-38(17-19-44,37(42)46)43-24-25-7-2-1-3-8-25/h1-3,7-8,10-15,23,31,43H,4-6,9,16-22,24H2,(H2,42,46). The number of rotatable bonds is 13. The van der Waals surface area contributed by atoms with Crippen LogP contribution in [0.25, 0.3) is 21.6 Å². The second-order valence-corrected chi connectivity index (χ2v) is 14.8. The minimum absolute atomic E-state index is 0.190. The molecule has 1 unspecified atom stereocenters. The van der Waals surface area contributed by atoms with Crippen molar-refractivity contribution in [3.05, 3.63) is 98.3 Å². The van der Waals surface area contributed by atoms with Crippen LogP contribution >= 0.6 is 46.1 Å². The number of thiophene rings is 1. The van der Waals surface area contributed by atoms with Gasteiger partial charge in [-0.3, -0.25) is 14.9 Å². The van der Waals surface area contributed by atoms with E-state index in [2.05, 4.69) is 5.32 Å². The fraction of sp³-hybridized carbons (Fsp3) is 0.368. The molecule has 2 fully saturated rings. The van der Waals surface area contributed by atoms with E-state index in [0.717, 1.165) is 46.4 Å². The summed E-state index contributed by atoms with van der Waals surface area (Å²) < 4.78 is 18.2. The maximum absolute atomic E-state index is 14.5. The first-order valence-electron chi connectivity index (χ1n) is 16.9. The van der Waals surface area contributed by atoms with Gasteiger partial charge < -0.3 is 24.8 Å². The molecule has 0 aliphatic carbocycles. The molecule has 264 valence electrons. The van der Waals surface area contributed by atoms with Gasteiger partial charge in [-0.15, -0.1) is 11.3 Å². The number of carbonyl (C=O) groups excluding carboxylic acids is 2. The van der Waals surface area contributed by atoms with E-state index in [1.165, 1.54) is 11.3 Å². The second kappa shape index (κ2) is 16.9. The van der Waals surface area contributed by atoms with E-state index in [1.54, 1.807) is 17.0 Å². The summed E-state index contributed by atoms with van der Waals surface area (Å²) in [4.78, 5) is 30.3. The largest absolute Gasteiger partial charge is 0.491 e. The Hall–Kier alpha value is -3.15. The van der Waals surface area contributed by atoms with Gasteiger partial charge in [0.1, 0.15) is 10.4 Å². The first-order valence-corrected chi connectivity index (χ1v) is 18.8. The number of piperidine rings is 1. The number of likely N-dealkylation sites (tertiary alicyclic amines) is 1. The molecule has 8 nitrogen and oxygen atoms in total. The minimum atomic E-state index is -0.931. The lowest BCUT2D eigenvalue weighted by molar-refractivity contribution is -0.163. The van der Waals surface area contributed by atoms with Crippen molar-refractivity contribution >= 4 is 58.0 Å². The molecule has 6 rings (SSSR count). The van der Waals surface area contributed by atoms with Crippen LogP contribution in [0.5, 0.6) is 5.75 Å². The Balaban J connectivity index is 1.29. The van der Waals surface area contributed by atoms with Gasteiger partial charge in [-0.25, -0.2) is 0 Å². The van der Waals surface area contributed by atoms with Crippen LogP contribution in [0.3, 0.4) is 0 Å². The summed E-state index contributed by atoms with van der Waals surface area (Å²) in [6.45, 7) is 2.65. The monoisotopic (exact) mass is 755 g/mol. The molecule has 0 spiro atoms. The van der Waals surface area contributed by atoms with E-state index < -0.39 is 11.4 Å². The summed E-state index contributed by atoms with van der Waals surface area (Å²) in [5, 5.41) is 4.95. The molecule has 1 aromatic heterocycles. The molecule has 50 heavy (non-hydrogen) atoms. The number of benzene rings is 3. The van der Waals surface area contributed by atoms with Crippen LogP contribution in [0.2, 0.25) is 15.1 Å². The summed E-state index contributed by atoms with van der Waals surface area (Å²) in [6, 6.07) is 22.6. The molecule has 3 aromatic carbocycles. The van der Waals surface area contributed by atoms with Gasteiger partial charge in [0.25, 0.3) is 5.91 Å². The highest BCUT2D eigenvalue weighted by Crippen LogP contribution is 2.50. The fourth-order valence-electron chi connectivity index (χ4n) is 6.34. The Morgan fingerprint density at radius 2 is 1.70 bits per heavy atom. The zero-order chi connectivity index (χ0) is 35.1. The number of amides is 2. The molecule has 12 heteroatoms. The van der Waals surface area contributed by atoms with Crippen LogP contribution in [0, 0.1) is 0 Å². The number of nitrogens with zero attached hydrogens (tertiary/aromatic N) is 1. The Bertz CT molecular complexity index is 1770. The molecule has 3 N–H and O–H groups in total.